The van der Waals surface area contributed by atoms with Gasteiger partial charge < -0.3 is 14.6 Å². The second kappa shape index (κ2) is 9.73. The Hall–Kier alpha value is -2.91. The highest BCUT2D eigenvalue weighted by Gasteiger charge is 2.31. The van der Waals surface area contributed by atoms with Gasteiger partial charge in [-0.1, -0.05) is 42.5 Å². The molecule has 1 aromatic heterocycles. The smallest absolute Gasteiger partial charge is 0.335 e. The van der Waals surface area contributed by atoms with Gasteiger partial charge in [-0.15, -0.1) is 0 Å². The number of benzene rings is 1. The lowest BCUT2D eigenvalue weighted by Gasteiger charge is -2.13. The molecule has 156 valence electrons. The highest BCUT2D eigenvalue weighted by Crippen LogP contribution is 2.34. The first-order valence-electron chi connectivity index (χ1n) is 9.26. The number of carboxylic acid groups (broad SMARTS) is 2. The molecule has 2 N–H and O–H groups in total. The molecule has 1 aliphatic heterocycles. The standard InChI is InChI=1S/C21H19NO6S2/c23-18(24)4-2-1-3-11-22-19(25)17(30-21(22)29)12-15-9-10-16(28-15)13-5-7-14(8-6-13)20(26)27/h5-10,12H,1-4,11H2,(H,23,24)(H,26,27). The van der Waals surface area contributed by atoms with E-state index in [4.69, 9.17) is 26.8 Å². The Kier molecular flexibility index (Phi) is 7.07. The number of hydrogen-bond acceptors (Lipinski definition) is 6. The van der Waals surface area contributed by atoms with Crippen LogP contribution in [0.2, 0.25) is 0 Å². The molecule has 0 atom stereocenters. The molecule has 2 heterocycles. The van der Waals surface area contributed by atoms with Crippen LogP contribution in [-0.2, 0) is 9.59 Å². The fourth-order valence-corrected chi connectivity index (χ4v) is 4.20. The summed E-state index contributed by atoms with van der Waals surface area (Å²) in [4.78, 5) is 36.1. The molecule has 1 amide bonds. The molecule has 1 saturated heterocycles. The second-order valence-electron chi connectivity index (χ2n) is 6.62. The molecule has 7 nitrogen and oxygen atoms in total. The summed E-state index contributed by atoms with van der Waals surface area (Å²) >= 11 is 6.50. The third-order valence-corrected chi connectivity index (χ3v) is 5.84. The van der Waals surface area contributed by atoms with Crippen LogP contribution in [0.5, 0.6) is 0 Å². The number of hydrogen-bond donors (Lipinski definition) is 2. The predicted octanol–water partition coefficient (Wildman–Crippen LogP) is 4.49. The topological polar surface area (TPSA) is 108 Å². The molecule has 1 fully saturated rings. The van der Waals surface area contributed by atoms with Crippen LogP contribution in [0.15, 0.2) is 45.7 Å². The minimum absolute atomic E-state index is 0.123. The summed E-state index contributed by atoms with van der Waals surface area (Å²) in [5.74, 6) is -0.946. The fraction of sp³-hybridized carbons (Fsp3) is 0.238. The molecule has 30 heavy (non-hydrogen) atoms. The molecule has 3 rings (SSSR count). The Morgan fingerprint density at radius 1 is 1.07 bits per heavy atom. The summed E-state index contributed by atoms with van der Waals surface area (Å²) in [7, 11) is 0. The SMILES string of the molecule is O=C(O)CCCCCN1C(=O)C(=Cc2ccc(-c3ccc(C(=O)O)cc3)o2)SC1=S. The molecule has 0 unspecified atom stereocenters. The van der Waals surface area contributed by atoms with Gasteiger partial charge in [0.2, 0.25) is 0 Å². The van der Waals surface area contributed by atoms with Crippen LogP contribution in [0.4, 0.5) is 0 Å². The van der Waals surface area contributed by atoms with Crippen LogP contribution in [0.3, 0.4) is 0 Å². The van der Waals surface area contributed by atoms with Crippen molar-refractivity contribution in [2.24, 2.45) is 0 Å². The number of aromatic carboxylic acids is 1. The zero-order chi connectivity index (χ0) is 21.7. The van der Waals surface area contributed by atoms with E-state index in [0.717, 1.165) is 5.56 Å². The van der Waals surface area contributed by atoms with Gasteiger partial charge in [-0.3, -0.25) is 14.5 Å². The summed E-state index contributed by atoms with van der Waals surface area (Å²) in [6, 6.07) is 9.82. The van der Waals surface area contributed by atoms with E-state index in [1.807, 2.05) is 0 Å². The average molecular weight is 446 g/mol. The Labute approximate surface area is 182 Å². The van der Waals surface area contributed by atoms with Gasteiger partial charge in [0.1, 0.15) is 15.8 Å². The van der Waals surface area contributed by atoms with E-state index in [1.54, 1.807) is 30.3 Å². The predicted molar refractivity (Wildman–Crippen MR) is 117 cm³/mol. The largest absolute Gasteiger partial charge is 0.481 e. The summed E-state index contributed by atoms with van der Waals surface area (Å²) in [6.45, 7) is 0.459. The highest BCUT2D eigenvalue weighted by molar-refractivity contribution is 8.26. The summed E-state index contributed by atoms with van der Waals surface area (Å²) in [5.41, 5.74) is 0.922. The van der Waals surface area contributed by atoms with Gasteiger partial charge in [0, 0.05) is 24.6 Å². The molecular weight excluding hydrogens is 426 g/mol. The van der Waals surface area contributed by atoms with Crippen molar-refractivity contribution in [3.63, 3.8) is 0 Å². The van der Waals surface area contributed by atoms with Crippen molar-refractivity contribution >= 4 is 52.2 Å². The Bertz CT molecular complexity index is 1010. The van der Waals surface area contributed by atoms with Crippen LogP contribution in [0.25, 0.3) is 17.4 Å². The first kappa shape index (κ1) is 21.8. The fourth-order valence-electron chi connectivity index (χ4n) is 2.91. The van der Waals surface area contributed by atoms with E-state index in [1.165, 1.54) is 28.8 Å². The Morgan fingerprint density at radius 2 is 1.80 bits per heavy atom. The number of rotatable bonds is 9. The van der Waals surface area contributed by atoms with E-state index < -0.39 is 11.9 Å². The number of aliphatic carboxylic acids is 1. The van der Waals surface area contributed by atoms with Crippen molar-refractivity contribution in [3.05, 3.63) is 52.6 Å². The maximum Gasteiger partial charge on any atom is 0.335 e. The first-order valence-corrected chi connectivity index (χ1v) is 10.5. The van der Waals surface area contributed by atoms with Crippen molar-refractivity contribution in [2.75, 3.05) is 6.54 Å². The number of nitrogens with zero attached hydrogens (tertiary/aromatic N) is 1. The molecule has 0 radical (unpaired) electrons. The monoisotopic (exact) mass is 445 g/mol. The van der Waals surface area contributed by atoms with E-state index >= 15 is 0 Å². The van der Waals surface area contributed by atoms with Gasteiger partial charge in [-0.2, -0.15) is 0 Å². The van der Waals surface area contributed by atoms with E-state index in [9.17, 15) is 14.4 Å². The summed E-state index contributed by atoms with van der Waals surface area (Å²) in [6.07, 6.45) is 3.73. The van der Waals surface area contributed by atoms with Crippen LogP contribution in [-0.4, -0.2) is 43.8 Å². The van der Waals surface area contributed by atoms with Crippen molar-refractivity contribution in [2.45, 2.75) is 25.7 Å². The maximum absolute atomic E-state index is 12.6. The lowest BCUT2D eigenvalue weighted by Crippen LogP contribution is -2.29. The number of carbonyl (C=O) groups excluding carboxylic acids is 1. The minimum atomic E-state index is -0.995. The Morgan fingerprint density at radius 3 is 2.47 bits per heavy atom. The van der Waals surface area contributed by atoms with Crippen LogP contribution >= 0.6 is 24.0 Å². The van der Waals surface area contributed by atoms with E-state index in [2.05, 4.69) is 0 Å². The number of carbonyl (C=O) groups is 3. The molecule has 0 spiro atoms. The van der Waals surface area contributed by atoms with Gasteiger partial charge in [-0.05, 0) is 37.1 Å². The number of unbranched alkanes of at least 4 members (excludes halogenated alkanes) is 2. The van der Waals surface area contributed by atoms with Gasteiger partial charge in [-0.25, -0.2) is 4.79 Å². The average Bonchev–Trinajstić information content (AvgIpc) is 3.27. The normalized spacial score (nSPS) is 15.2. The molecule has 0 saturated carbocycles. The molecule has 2 aromatic rings. The van der Waals surface area contributed by atoms with Gasteiger partial charge in [0.25, 0.3) is 5.91 Å². The Balaban J connectivity index is 1.63. The molecule has 0 aliphatic carbocycles. The summed E-state index contributed by atoms with van der Waals surface area (Å²) in [5, 5.41) is 17.6. The minimum Gasteiger partial charge on any atom is -0.481 e. The second-order valence-corrected chi connectivity index (χ2v) is 8.30. The zero-order valence-corrected chi connectivity index (χ0v) is 17.5. The van der Waals surface area contributed by atoms with Crippen molar-refractivity contribution in [1.29, 1.82) is 0 Å². The third kappa shape index (κ3) is 5.37. The van der Waals surface area contributed by atoms with Gasteiger partial charge in [0.15, 0.2) is 0 Å². The summed E-state index contributed by atoms with van der Waals surface area (Å²) < 4.78 is 6.25. The van der Waals surface area contributed by atoms with Crippen LogP contribution in [0.1, 0.15) is 41.8 Å². The number of furan rings is 1. The molecular formula is C21H19NO6S2. The molecule has 0 bridgehead atoms. The number of thiocarbonyl (C=S) groups is 1. The number of thioether (sulfide) groups is 1. The van der Waals surface area contributed by atoms with E-state index in [-0.39, 0.29) is 17.9 Å². The third-order valence-electron chi connectivity index (χ3n) is 4.46. The molecule has 9 heteroatoms. The maximum atomic E-state index is 12.6. The van der Waals surface area contributed by atoms with Gasteiger partial charge >= 0.3 is 11.9 Å². The number of carboxylic acids is 2. The lowest BCUT2D eigenvalue weighted by molar-refractivity contribution is -0.137. The van der Waals surface area contributed by atoms with Crippen LogP contribution < -0.4 is 0 Å². The molecule has 1 aliphatic rings. The quantitative estimate of drug-likeness (QED) is 0.330. The van der Waals surface area contributed by atoms with Gasteiger partial charge in [0.05, 0.1) is 10.5 Å². The molecule has 1 aromatic carbocycles. The lowest BCUT2D eigenvalue weighted by atomic mass is 10.1. The van der Waals surface area contributed by atoms with E-state index in [0.29, 0.717) is 46.6 Å². The van der Waals surface area contributed by atoms with Crippen molar-refractivity contribution in [3.8, 4) is 11.3 Å². The highest BCUT2D eigenvalue weighted by atomic mass is 32.2. The van der Waals surface area contributed by atoms with Crippen LogP contribution in [0, 0.1) is 0 Å². The van der Waals surface area contributed by atoms with Crippen molar-refractivity contribution < 1.29 is 29.0 Å². The first-order chi connectivity index (χ1) is 14.3. The zero-order valence-electron chi connectivity index (χ0n) is 15.9. The number of amides is 1. The van der Waals surface area contributed by atoms with Crippen molar-refractivity contribution in [1.82, 2.24) is 4.90 Å².